The summed E-state index contributed by atoms with van der Waals surface area (Å²) in [6.07, 6.45) is 7.04. The Hall–Kier alpha value is -3.62. The molecule has 1 fully saturated rings. The smallest absolute Gasteiger partial charge is 0.289 e. The molecule has 4 heterocycles. The molecule has 0 aromatic carbocycles. The van der Waals surface area contributed by atoms with Crippen molar-refractivity contribution in [2.24, 2.45) is 4.99 Å². The van der Waals surface area contributed by atoms with Crippen LogP contribution in [0.2, 0.25) is 0 Å². The fourth-order valence-electron chi connectivity index (χ4n) is 3.54. The van der Waals surface area contributed by atoms with Gasteiger partial charge < -0.3 is 19.5 Å². The number of aryl methyl sites for hydroxylation is 1. The van der Waals surface area contributed by atoms with Gasteiger partial charge in [0.1, 0.15) is 11.6 Å². The van der Waals surface area contributed by atoms with Crippen LogP contribution in [-0.2, 0) is 6.54 Å². The van der Waals surface area contributed by atoms with Crippen LogP contribution < -0.4 is 5.32 Å². The molecule has 9 nitrogen and oxygen atoms in total. The Bertz CT molecular complexity index is 1020. The van der Waals surface area contributed by atoms with Crippen molar-refractivity contribution >= 4 is 11.9 Å². The Morgan fingerprint density at radius 1 is 1.16 bits per heavy atom. The number of pyridine rings is 1. The van der Waals surface area contributed by atoms with E-state index in [0.717, 1.165) is 42.8 Å². The molecule has 0 radical (unpaired) electrons. The standard InChI is InChI=1S/C22H27N7O2/c1-3-23-22(28-12-10-27(11-13-28)21(30)19-5-4-14-31-19)26-16-18-6-7-20(25-15-18)29-9-8-24-17(29)2/h4-9,14-15H,3,10-13,16H2,1-2H3,(H,23,26). The van der Waals surface area contributed by atoms with E-state index in [0.29, 0.717) is 25.4 Å². The first-order valence-electron chi connectivity index (χ1n) is 10.5. The van der Waals surface area contributed by atoms with Gasteiger partial charge in [0.2, 0.25) is 0 Å². The fourth-order valence-corrected chi connectivity index (χ4v) is 3.54. The third kappa shape index (κ3) is 4.76. The molecule has 0 atom stereocenters. The highest BCUT2D eigenvalue weighted by Gasteiger charge is 2.25. The summed E-state index contributed by atoms with van der Waals surface area (Å²) in [4.78, 5) is 30.0. The van der Waals surface area contributed by atoms with E-state index in [1.54, 1.807) is 18.3 Å². The summed E-state index contributed by atoms with van der Waals surface area (Å²) in [5.41, 5.74) is 1.03. The summed E-state index contributed by atoms with van der Waals surface area (Å²) < 4.78 is 7.18. The first kappa shape index (κ1) is 20.6. The second kappa shape index (κ2) is 9.46. The molecule has 4 rings (SSSR count). The van der Waals surface area contributed by atoms with E-state index < -0.39 is 0 Å². The van der Waals surface area contributed by atoms with Crippen molar-refractivity contribution < 1.29 is 9.21 Å². The summed E-state index contributed by atoms with van der Waals surface area (Å²) in [6, 6.07) is 7.45. The number of rotatable bonds is 5. The van der Waals surface area contributed by atoms with Gasteiger partial charge in [0.05, 0.1) is 12.8 Å². The summed E-state index contributed by atoms with van der Waals surface area (Å²) in [7, 11) is 0. The summed E-state index contributed by atoms with van der Waals surface area (Å²) >= 11 is 0. The number of piperazine rings is 1. The zero-order valence-corrected chi connectivity index (χ0v) is 17.9. The molecular formula is C22H27N7O2. The van der Waals surface area contributed by atoms with Gasteiger partial charge in [-0.1, -0.05) is 6.07 Å². The Morgan fingerprint density at radius 2 is 1.97 bits per heavy atom. The summed E-state index contributed by atoms with van der Waals surface area (Å²) in [5.74, 6) is 2.91. The van der Waals surface area contributed by atoms with Crippen LogP contribution in [0.5, 0.6) is 0 Å². The molecule has 3 aromatic rings. The molecule has 0 spiro atoms. The lowest BCUT2D eigenvalue weighted by Gasteiger charge is -2.36. The number of nitrogens with zero attached hydrogens (tertiary/aromatic N) is 6. The molecule has 1 N–H and O–H groups in total. The Kier molecular flexibility index (Phi) is 6.30. The maximum absolute atomic E-state index is 12.5. The van der Waals surface area contributed by atoms with Crippen LogP contribution in [0.3, 0.4) is 0 Å². The van der Waals surface area contributed by atoms with Crippen LogP contribution in [0.1, 0.15) is 28.9 Å². The molecule has 1 amide bonds. The Balaban J connectivity index is 1.37. The maximum atomic E-state index is 12.5. The lowest BCUT2D eigenvalue weighted by atomic mass is 10.2. The van der Waals surface area contributed by atoms with Crippen LogP contribution in [0, 0.1) is 6.92 Å². The van der Waals surface area contributed by atoms with Gasteiger partial charge in [0, 0.05) is 51.3 Å². The highest BCUT2D eigenvalue weighted by atomic mass is 16.3. The quantitative estimate of drug-likeness (QED) is 0.501. The molecule has 1 aliphatic rings. The van der Waals surface area contributed by atoms with Crippen LogP contribution in [0.25, 0.3) is 5.82 Å². The van der Waals surface area contributed by atoms with Crippen LogP contribution >= 0.6 is 0 Å². The molecule has 1 saturated heterocycles. The molecule has 0 unspecified atom stereocenters. The molecule has 0 saturated carbocycles. The van der Waals surface area contributed by atoms with E-state index in [-0.39, 0.29) is 5.91 Å². The number of guanidine groups is 1. The van der Waals surface area contributed by atoms with Gasteiger partial charge in [-0.15, -0.1) is 0 Å². The van der Waals surface area contributed by atoms with Crippen molar-refractivity contribution in [2.45, 2.75) is 20.4 Å². The molecule has 31 heavy (non-hydrogen) atoms. The molecule has 3 aromatic heterocycles. The number of aromatic nitrogens is 3. The van der Waals surface area contributed by atoms with E-state index in [1.165, 1.54) is 6.26 Å². The van der Waals surface area contributed by atoms with Crippen molar-refractivity contribution in [3.8, 4) is 5.82 Å². The van der Waals surface area contributed by atoms with Gasteiger partial charge in [-0.2, -0.15) is 0 Å². The van der Waals surface area contributed by atoms with Gasteiger partial charge in [0.25, 0.3) is 5.91 Å². The van der Waals surface area contributed by atoms with Gasteiger partial charge >= 0.3 is 0 Å². The van der Waals surface area contributed by atoms with Crippen LogP contribution in [0.4, 0.5) is 0 Å². The van der Waals surface area contributed by atoms with Crippen LogP contribution in [-0.4, -0.2) is 68.9 Å². The molecule has 162 valence electrons. The normalized spacial score (nSPS) is 14.7. The number of nitrogens with one attached hydrogen (secondary N) is 1. The predicted molar refractivity (Wildman–Crippen MR) is 117 cm³/mol. The first-order chi connectivity index (χ1) is 15.2. The summed E-state index contributed by atoms with van der Waals surface area (Å²) in [6.45, 7) is 8.01. The van der Waals surface area contributed by atoms with Gasteiger partial charge in [0.15, 0.2) is 11.7 Å². The van der Waals surface area contributed by atoms with E-state index in [9.17, 15) is 4.79 Å². The number of furan rings is 1. The second-order valence-corrected chi connectivity index (χ2v) is 7.30. The average Bonchev–Trinajstić information content (AvgIpc) is 3.49. The lowest BCUT2D eigenvalue weighted by molar-refractivity contribution is 0.0657. The minimum absolute atomic E-state index is 0.0640. The third-order valence-electron chi connectivity index (χ3n) is 5.23. The van der Waals surface area contributed by atoms with Gasteiger partial charge in [-0.25, -0.2) is 15.0 Å². The van der Waals surface area contributed by atoms with Crippen LogP contribution in [0.15, 0.2) is 58.5 Å². The number of carbonyl (C=O) groups excluding carboxylic acids is 1. The third-order valence-corrected chi connectivity index (χ3v) is 5.23. The fraction of sp³-hybridized carbons (Fsp3) is 0.364. The monoisotopic (exact) mass is 421 g/mol. The van der Waals surface area contributed by atoms with E-state index in [2.05, 4.69) is 27.1 Å². The Morgan fingerprint density at radius 3 is 2.58 bits per heavy atom. The molecule has 0 bridgehead atoms. The van der Waals surface area contributed by atoms with E-state index >= 15 is 0 Å². The van der Waals surface area contributed by atoms with Crippen molar-refractivity contribution in [2.75, 3.05) is 32.7 Å². The zero-order valence-electron chi connectivity index (χ0n) is 17.9. The van der Waals surface area contributed by atoms with E-state index in [1.807, 2.05) is 40.9 Å². The number of hydrogen-bond donors (Lipinski definition) is 1. The predicted octanol–water partition coefficient (Wildman–Crippen LogP) is 2.09. The van der Waals surface area contributed by atoms with Gasteiger partial charge in [-0.05, 0) is 37.6 Å². The average molecular weight is 422 g/mol. The first-order valence-corrected chi connectivity index (χ1v) is 10.5. The Labute approximate surface area is 181 Å². The molecule has 9 heteroatoms. The van der Waals surface area contributed by atoms with Crippen molar-refractivity contribution in [1.29, 1.82) is 0 Å². The number of imidazole rings is 1. The van der Waals surface area contributed by atoms with E-state index in [4.69, 9.17) is 9.41 Å². The lowest BCUT2D eigenvalue weighted by Crippen LogP contribution is -2.53. The zero-order chi connectivity index (χ0) is 21.6. The highest BCUT2D eigenvalue weighted by Crippen LogP contribution is 2.11. The summed E-state index contributed by atoms with van der Waals surface area (Å²) in [5, 5.41) is 3.36. The van der Waals surface area contributed by atoms with Crippen molar-refractivity contribution in [3.63, 3.8) is 0 Å². The second-order valence-electron chi connectivity index (χ2n) is 7.30. The van der Waals surface area contributed by atoms with Crippen molar-refractivity contribution in [1.82, 2.24) is 29.7 Å². The van der Waals surface area contributed by atoms with Gasteiger partial charge in [-0.3, -0.25) is 9.36 Å². The SMILES string of the molecule is CCNC(=NCc1ccc(-n2ccnc2C)nc1)N1CCN(C(=O)c2ccco2)CC1. The molecule has 0 aliphatic carbocycles. The number of aliphatic imine (C=N–C) groups is 1. The minimum Gasteiger partial charge on any atom is -0.459 e. The maximum Gasteiger partial charge on any atom is 0.289 e. The molecular weight excluding hydrogens is 394 g/mol. The number of amides is 1. The molecule has 1 aliphatic heterocycles. The highest BCUT2D eigenvalue weighted by molar-refractivity contribution is 5.91. The number of carbonyl (C=O) groups is 1. The van der Waals surface area contributed by atoms with Crippen molar-refractivity contribution in [3.05, 3.63) is 66.3 Å². The number of hydrogen-bond acceptors (Lipinski definition) is 5. The topological polar surface area (TPSA) is 91.8 Å². The minimum atomic E-state index is -0.0640. The largest absolute Gasteiger partial charge is 0.459 e.